The third-order valence-corrected chi connectivity index (χ3v) is 3.84. The first kappa shape index (κ1) is 15.4. The molecule has 0 aliphatic carbocycles. The van der Waals surface area contributed by atoms with Gasteiger partial charge in [0.1, 0.15) is 5.75 Å². The number of anilines is 2. The number of benzene rings is 2. The van der Waals surface area contributed by atoms with Crippen LogP contribution in [0.25, 0.3) is 0 Å². The third kappa shape index (κ3) is 3.14. The van der Waals surface area contributed by atoms with Gasteiger partial charge < -0.3 is 20.3 Å². The molecule has 3 rings (SSSR count). The lowest BCUT2D eigenvalue weighted by atomic mass is 10.1. The van der Waals surface area contributed by atoms with Gasteiger partial charge in [0.15, 0.2) is 5.75 Å². The smallest absolute Gasteiger partial charge is 0.262 e. The van der Waals surface area contributed by atoms with Gasteiger partial charge in [-0.05, 0) is 57.4 Å². The maximum Gasteiger partial charge on any atom is 0.262 e. The minimum atomic E-state index is -0.0731. The predicted octanol–water partition coefficient (Wildman–Crippen LogP) is 2.97. The Labute approximate surface area is 136 Å². The van der Waals surface area contributed by atoms with Crippen LogP contribution in [0.15, 0.2) is 42.5 Å². The van der Waals surface area contributed by atoms with Crippen LogP contribution in [0.4, 0.5) is 11.4 Å². The summed E-state index contributed by atoms with van der Waals surface area (Å²) in [7, 11) is 4.05. The van der Waals surface area contributed by atoms with E-state index in [1.54, 1.807) is 23.1 Å². The van der Waals surface area contributed by atoms with Crippen molar-refractivity contribution in [1.29, 1.82) is 0 Å². The van der Waals surface area contributed by atoms with E-state index >= 15 is 0 Å². The van der Waals surface area contributed by atoms with Crippen molar-refractivity contribution < 1.29 is 9.53 Å². The fraction of sp³-hybridized carbons (Fsp3) is 0.278. The number of rotatable bonds is 4. The van der Waals surface area contributed by atoms with Gasteiger partial charge in [-0.25, -0.2) is 0 Å². The monoisotopic (exact) mass is 311 g/mol. The molecule has 0 saturated heterocycles. The molecule has 1 aliphatic heterocycles. The molecule has 0 fully saturated rings. The van der Waals surface area contributed by atoms with E-state index in [2.05, 4.69) is 4.90 Å². The highest BCUT2D eigenvalue weighted by Gasteiger charge is 2.27. The van der Waals surface area contributed by atoms with Crippen molar-refractivity contribution in [3.8, 4) is 11.5 Å². The van der Waals surface area contributed by atoms with Crippen LogP contribution in [-0.2, 0) is 0 Å². The number of nitrogens with two attached hydrogens (primary N) is 1. The predicted molar refractivity (Wildman–Crippen MR) is 92.2 cm³/mol. The van der Waals surface area contributed by atoms with Crippen molar-refractivity contribution in [1.82, 2.24) is 4.90 Å². The zero-order chi connectivity index (χ0) is 16.4. The maximum absolute atomic E-state index is 13.0. The van der Waals surface area contributed by atoms with Gasteiger partial charge in [-0.1, -0.05) is 12.1 Å². The van der Waals surface area contributed by atoms with Crippen LogP contribution < -0.4 is 15.4 Å². The Morgan fingerprint density at radius 3 is 2.70 bits per heavy atom. The Hall–Kier alpha value is -2.53. The molecule has 5 heteroatoms. The van der Waals surface area contributed by atoms with Crippen molar-refractivity contribution in [2.45, 2.75) is 6.42 Å². The number of nitrogens with zero attached hydrogens (tertiary/aromatic N) is 2. The fourth-order valence-electron chi connectivity index (χ4n) is 2.71. The van der Waals surface area contributed by atoms with Crippen molar-refractivity contribution in [3.63, 3.8) is 0 Å². The summed E-state index contributed by atoms with van der Waals surface area (Å²) in [5.41, 5.74) is 7.71. The second kappa shape index (κ2) is 6.30. The number of amides is 1. The lowest BCUT2D eigenvalue weighted by Crippen LogP contribution is -2.32. The standard InChI is InChI=1S/C18H21N3O2/c1-20(2)10-5-11-21-15-6-3-4-7-17(15)23-16-9-8-13(19)12-14(16)18(21)22/h3-4,6-9,12H,5,10-11,19H2,1-2H3. The Morgan fingerprint density at radius 1 is 1.13 bits per heavy atom. The summed E-state index contributed by atoms with van der Waals surface area (Å²) in [6.07, 6.45) is 0.880. The van der Waals surface area contributed by atoms with Crippen LogP contribution in [0.2, 0.25) is 0 Å². The van der Waals surface area contributed by atoms with Crippen LogP contribution >= 0.6 is 0 Å². The fourth-order valence-corrected chi connectivity index (χ4v) is 2.71. The highest BCUT2D eigenvalue weighted by Crippen LogP contribution is 2.39. The van der Waals surface area contributed by atoms with Crippen LogP contribution in [0.1, 0.15) is 16.8 Å². The number of fused-ring (bicyclic) bond motifs is 2. The molecule has 5 nitrogen and oxygen atoms in total. The normalized spacial score (nSPS) is 13.3. The lowest BCUT2D eigenvalue weighted by molar-refractivity contribution is 0.0986. The first-order valence-corrected chi connectivity index (χ1v) is 7.69. The average molecular weight is 311 g/mol. The van der Waals surface area contributed by atoms with Crippen molar-refractivity contribution in [2.75, 3.05) is 37.8 Å². The van der Waals surface area contributed by atoms with Gasteiger partial charge in [0, 0.05) is 12.2 Å². The van der Waals surface area contributed by atoms with Crippen LogP contribution in [0, 0.1) is 0 Å². The largest absolute Gasteiger partial charge is 0.454 e. The van der Waals surface area contributed by atoms with E-state index in [1.165, 1.54) is 0 Å². The van der Waals surface area contributed by atoms with E-state index < -0.39 is 0 Å². The number of hydrogen-bond donors (Lipinski definition) is 1. The molecule has 0 unspecified atom stereocenters. The summed E-state index contributed by atoms with van der Waals surface area (Å²) >= 11 is 0. The highest BCUT2D eigenvalue weighted by molar-refractivity contribution is 6.10. The lowest BCUT2D eigenvalue weighted by Gasteiger charge is -2.23. The summed E-state index contributed by atoms with van der Waals surface area (Å²) < 4.78 is 5.96. The Balaban J connectivity index is 2.00. The molecular formula is C18H21N3O2. The quantitative estimate of drug-likeness (QED) is 0.882. The van der Waals surface area contributed by atoms with Gasteiger partial charge >= 0.3 is 0 Å². The maximum atomic E-state index is 13.0. The zero-order valence-electron chi connectivity index (χ0n) is 13.5. The van der Waals surface area contributed by atoms with E-state index in [-0.39, 0.29) is 5.91 Å². The molecule has 2 aromatic carbocycles. The number of carbonyl (C=O) groups is 1. The van der Waals surface area contributed by atoms with E-state index in [0.29, 0.717) is 29.3 Å². The SMILES string of the molecule is CN(C)CCCN1C(=O)c2cc(N)ccc2Oc2ccccc21. The number of nitrogen functional groups attached to an aromatic ring is 1. The van der Waals surface area contributed by atoms with E-state index in [0.717, 1.165) is 18.7 Å². The highest BCUT2D eigenvalue weighted by atomic mass is 16.5. The first-order chi connectivity index (χ1) is 11.1. The molecule has 1 amide bonds. The van der Waals surface area contributed by atoms with E-state index in [9.17, 15) is 4.79 Å². The molecule has 2 N–H and O–H groups in total. The van der Waals surface area contributed by atoms with Gasteiger partial charge in [0.25, 0.3) is 5.91 Å². The van der Waals surface area contributed by atoms with Gasteiger partial charge in [0.05, 0.1) is 11.3 Å². The number of hydrogen-bond acceptors (Lipinski definition) is 4. The van der Waals surface area contributed by atoms with Crippen molar-refractivity contribution in [3.05, 3.63) is 48.0 Å². The molecule has 0 saturated carbocycles. The summed E-state index contributed by atoms with van der Waals surface area (Å²) in [6, 6.07) is 12.8. The van der Waals surface area contributed by atoms with Gasteiger partial charge in [-0.3, -0.25) is 4.79 Å². The van der Waals surface area contributed by atoms with Crippen molar-refractivity contribution >= 4 is 17.3 Å². The van der Waals surface area contributed by atoms with Gasteiger partial charge in [-0.15, -0.1) is 0 Å². The molecule has 1 aliphatic rings. The minimum absolute atomic E-state index is 0.0731. The molecule has 120 valence electrons. The minimum Gasteiger partial charge on any atom is -0.454 e. The summed E-state index contributed by atoms with van der Waals surface area (Å²) in [5, 5.41) is 0. The van der Waals surface area contributed by atoms with Crippen LogP contribution in [-0.4, -0.2) is 38.0 Å². The Kier molecular flexibility index (Phi) is 4.21. The number of para-hydroxylation sites is 2. The molecular weight excluding hydrogens is 290 g/mol. The molecule has 23 heavy (non-hydrogen) atoms. The summed E-state index contributed by atoms with van der Waals surface area (Å²) in [4.78, 5) is 16.9. The molecule has 2 aromatic rings. The summed E-state index contributed by atoms with van der Waals surface area (Å²) in [5.74, 6) is 1.16. The van der Waals surface area contributed by atoms with Gasteiger partial charge in [0.2, 0.25) is 0 Å². The summed E-state index contributed by atoms with van der Waals surface area (Å²) in [6.45, 7) is 1.54. The van der Waals surface area contributed by atoms with Gasteiger partial charge in [-0.2, -0.15) is 0 Å². The first-order valence-electron chi connectivity index (χ1n) is 7.69. The van der Waals surface area contributed by atoms with E-state index in [4.69, 9.17) is 10.5 Å². The molecule has 1 heterocycles. The molecule has 0 radical (unpaired) electrons. The molecule has 0 spiro atoms. The Morgan fingerprint density at radius 2 is 1.91 bits per heavy atom. The topological polar surface area (TPSA) is 58.8 Å². The molecule has 0 bridgehead atoms. The van der Waals surface area contributed by atoms with Crippen LogP contribution in [0.5, 0.6) is 11.5 Å². The molecule has 0 aromatic heterocycles. The number of carbonyl (C=O) groups excluding carboxylic acids is 1. The van der Waals surface area contributed by atoms with Crippen LogP contribution in [0.3, 0.4) is 0 Å². The zero-order valence-corrected chi connectivity index (χ0v) is 13.5. The third-order valence-electron chi connectivity index (χ3n) is 3.84. The Bertz CT molecular complexity index is 728. The van der Waals surface area contributed by atoms with Crippen molar-refractivity contribution in [2.24, 2.45) is 0 Å². The average Bonchev–Trinajstić information content (AvgIpc) is 2.63. The number of ether oxygens (including phenoxy) is 1. The second-order valence-electron chi connectivity index (χ2n) is 5.94. The molecule has 0 atom stereocenters. The van der Waals surface area contributed by atoms with E-state index in [1.807, 2.05) is 38.4 Å². The second-order valence-corrected chi connectivity index (χ2v) is 5.94.